The molecule has 1 aliphatic rings. The first-order valence-corrected chi connectivity index (χ1v) is 5.71. The molecular weight excluding hydrogens is 226 g/mol. The first-order valence-electron chi connectivity index (χ1n) is 5.71. The van der Waals surface area contributed by atoms with Crippen LogP contribution in [-0.2, 0) is 11.2 Å². The number of para-hydroxylation sites is 1. The predicted octanol–water partition coefficient (Wildman–Crippen LogP) is 3.60. The molecule has 0 spiro atoms. The van der Waals surface area contributed by atoms with Gasteiger partial charge in [0.05, 0.1) is 12.1 Å². The smallest absolute Gasteiger partial charge is 0.269 e. The van der Waals surface area contributed by atoms with Crippen molar-refractivity contribution in [2.24, 2.45) is 10.2 Å². The van der Waals surface area contributed by atoms with Gasteiger partial charge in [-0.05, 0) is 29.8 Å². The van der Waals surface area contributed by atoms with E-state index in [9.17, 15) is 4.79 Å². The molecule has 1 amide bonds. The highest BCUT2D eigenvalue weighted by molar-refractivity contribution is 5.83. The zero-order chi connectivity index (χ0) is 12.4. The lowest BCUT2D eigenvalue weighted by atomic mass is 10.1. The standard InChI is InChI=1S/C14H11N3O/c18-14-8-10-6-7-12(9-13(10)16-17-14)15-11-4-2-1-3-5-11/h1-7,9,15H,8H2. The molecule has 0 radical (unpaired) electrons. The van der Waals surface area contributed by atoms with Crippen molar-refractivity contribution in [3.63, 3.8) is 0 Å². The first-order chi connectivity index (χ1) is 8.81. The average molecular weight is 237 g/mol. The highest BCUT2D eigenvalue weighted by atomic mass is 16.1. The molecule has 3 rings (SSSR count). The Hall–Kier alpha value is -2.49. The van der Waals surface area contributed by atoms with E-state index < -0.39 is 0 Å². The van der Waals surface area contributed by atoms with Crippen LogP contribution in [0.2, 0.25) is 0 Å². The van der Waals surface area contributed by atoms with E-state index in [1.54, 1.807) is 0 Å². The van der Waals surface area contributed by atoms with Crippen molar-refractivity contribution in [2.75, 3.05) is 5.32 Å². The molecule has 0 saturated carbocycles. The van der Waals surface area contributed by atoms with E-state index in [2.05, 4.69) is 15.5 Å². The van der Waals surface area contributed by atoms with Crippen LogP contribution in [0.4, 0.5) is 17.1 Å². The van der Waals surface area contributed by atoms with E-state index in [0.29, 0.717) is 6.42 Å². The van der Waals surface area contributed by atoms with E-state index >= 15 is 0 Å². The summed E-state index contributed by atoms with van der Waals surface area (Å²) in [5.74, 6) is -0.189. The van der Waals surface area contributed by atoms with Gasteiger partial charge in [-0.1, -0.05) is 24.3 Å². The van der Waals surface area contributed by atoms with Gasteiger partial charge in [-0.2, -0.15) is 0 Å². The first kappa shape index (κ1) is 10.7. The molecule has 0 atom stereocenters. The van der Waals surface area contributed by atoms with Crippen LogP contribution in [0.25, 0.3) is 0 Å². The van der Waals surface area contributed by atoms with Crippen molar-refractivity contribution in [3.8, 4) is 0 Å². The van der Waals surface area contributed by atoms with E-state index in [1.807, 2.05) is 48.5 Å². The van der Waals surface area contributed by atoms with E-state index in [4.69, 9.17) is 0 Å². The lowest BCUT2D eigenvalue weighted by Gasteiger charge is -2.11. The number of carbonyl (C=O) groups is 1. The fourth-order valence-corrected chi connectivity index (χ4v) is 1.88. The number of amides is 1. The molecule has 2 aromatic rings. The maximum absolute atomic E-state index is 11.1. The van der Waals surface area contributed by atoms with Gasteiger partial charge in [0.15, 0.2) is 0 Å². The lowest BCUT2D eigenvalue weighted by molar-refractivity contribution is -0.117. The molecule has 0 aromatic heterocycles. The predicted molar refractivity (Wildman–Crippen MR) is 69.4 cm³/mol. The van der Waals surface area contributed by atoms with Crippen molar-refractivity contribution >= 4 is 23.0 Å². The largest absolute Gasteiger partial charge is 0.355 e. The molecule has 0 aliphatic carbocycles. The fraction of sp³-hybridized carbons (Fsp3) is 0.0714. The third-order valence-electron chi connectivity index (χ3n) is 2.76. The summed E-state index contributed by atoms with van der Waals surface area (Å²) in [7, 11) is 0. The summed E-state index contributed by atoms with van der Waals surface area (Å²) in [6.45, 7) is 0. The van der Waals surface area contributed by atoms with Gasteiger partial charge in [0.25, 0.3) is 5.91 Å². The van der Waals surface area contributed by atoms with E-state index in [-0.39, 0.29) is 5.91 Å². The summed E-state index contributed by atoms with van der Waals surface area (Å²) in [6.07, 6.45) is 0.338. The third kappa shape index (κ3) is 2.13. The molecule has 2 aromatic carbocycles. The van der Waals surface area contributed by atoms with Crippen molar-refractivity contribution in [1.29, 1.82) is 0 Å². The SMILES string of the molecule is O=C1Cc2ccc(Nc3ccccc3)cc2N=N1. The number of fused-ring (bicyclic) bond motifs is 1. The molecule has 1 heterocycles. The molecule has 0 saturated heterocycles. The van der Waals surface area contributed by atoms with Gasteiger partial charge in [-0.15, -0.1) is 10.2 Å². The zero-order valence-corrected chi connectivity index (χ0v) is 9.63. The van der Waals surface area contributed by atoms with Crippen LogP contribution in [0.1, 0.15) is 5.56 Å². The molecular formula is C14H11N3O. The van der Waals surface area contributed by atoms with Gasteiger partial charge in [0.2, 0.25) is 0 Å². The molecule has 0 bridgehead atoms. The number of nitrogens with one attached hydrogen (secondary N) is 1. The number of hydrogen-bond donors (Lipinski definition) is 1. The van der Waals surface area contributed by atoms with Crippen LogP contribution in [0.3, 0.4) is 0 Å². The Morgan fingerprint density at radius 2 is 1.78 bits per heavy atom. The van der Waals surface area contributed by atoms with Gasteiger partial charge in [0.1, 0.15) is 0 Å². The Balaban J connectivity index is 1.88. The second kappa shape index (κ2) is 4.41. The van der Waals surface area contributed by atoms with Crippen LogP contribution in [0, 0.1) is 0 Å². The van der Waals surface area contributed by atoms with Crippen LogP contribution in [0.5, 0.6) is 0 Å². The third-order valence-corrected chi connectivity index (χ3v) is 2.76. The second-order valence-corrected chi connectivity index (χ2v) is 4.11. The maximum Gasteiger partial charge on any atom is 0.269 e. The quantitative estimate of drug-likeness (QED) is 0.867. The van der Waals surface area contributed by atoms with Crippen molar-refractivity contribution < 1.29 is 4.79 Å². The normalized spacial score (nSPS) is 13.2. The molecule has 0 fully saturated rings. The molecule has 88 valence electrons. The monoisotopic (exact) mass is 237 g/mol. The molecule has 18 heavy (non-hydrogen) atoms. The fourth-order valence-electron chi connectivity index (χ4n) is 1.88. The van der Waals surface area contributed by atoms with E-state index in [1.165, 1.54) is 0 Å². The maximum atomic E-state index is 11.1. The minimum absolute atomic E-state index is 0.189. The topological polar surface area (TPSA) is 53.8 Å². The van der Waals surface area contributed by atoms with Gasteiger partial charge >= 0.3 is 0 Å². The van der Waals surface area contributed by atoms with Gasteiger partial charge < -0.3 is 5.32 Å². The summed E-state index contributed by atoms with van der Waals surface area (Å²) in [5.41, 5.74) is 3.64. The van der Waals surface area contributed by atoms with Crippen LogP contribution < -0.4 is 5.32 Å². The number of azo groups is 1. The van der Waals surface area contributed by atoms with Gasteiger partial charge in [-0.3, -0.25) is 4.79 Å². The molecule has 0 unspecified atom stereocenters. The lowest BCUT2D eigenvalue weighted by Crippen LogP contribution is -2.02. The number of anilines is 2. The second-order valence-electron chi connectivity index (χ2n) is 4.11. The highest BCUT2D eigenvalue weighted by Crippen LogP contribution is 2.29. The van der Waals surface area contributed by atoms with Crippen LogP contribution >= 0.6 is 0 Å². The summed E-state index contributed by atoms with van der Waals surface area (Å²) in [6, 6.07) is 15.7. The molecule has 1 N–H and O–H groups in total. The number of benzene rings is 2. The summed E-state index contributed by atoms with van der Waals surface area (Å²) >= 11 is 0. The Morgan fingerprint density at radius 1 is 0.944 bits per heavy atom. The Labute approximate surface area is 104 Å². The van der Waals surface area contributed by atoms with Gasteiger partial charge in [0, 0.05) is 11.4 Å². The summed E-state index contributed by atoms with van der Waals surface area (Å²) < 4.78 is 0. The Bertz CT molecular complexity index is 620. The number of hydrogen-bond acceptors (Lipinski definition) is 3. The van der Waals surface area contributed by atoms with Gasteiger partial charge in [-0.25, -0.2) is 0 Å². The number of carbonyl (C=O) groups excluding carboxylic acids is 1. The molecule has 4 heteroatoms. The summed E-state index contributed by atoms with van der Waals surface area (Å²) in [5, 5.41) is 10.8. The van der Waals surface area contributed by atoms with Crippen molar-refractivity contribution in [3.05, 3.63) is 54.1 Å². The average Bonchev–Trinajstić information content (AvgIpc) is 2.40. The Kier molecular flexibility index (Phi) is 2.61. The van der Waals surface area contributed by atoms with E-state index in [0.717, 1.165) is 22.6 Å². The van der Waals surface area contributed by atoms with Crippen molar-refractivity contribution in [2.45, 2.75) is 6.42 Å². The van der Waals surface area contributed by atoms with Crippen LogP contribution in [-0.4, -0.2) is 5.91 Å². The minimum atomic E-state index is -0.189. The molecule has 4 nitrogen and oxygen atoms in total. The summed E-state index contributed by atoms with van der Waals surface area (Å²) in [4.78, 5) is 11.1. The zero-order valence-electron chi connectivity index (χ0n) is 9.63. The minimum Gasteiger partial charge on any atom is -0.355 e. The van der Waals surface area contributed by atoms with Crippen molar-refractivity contribution in [1.82, 2.24) is 0 Å². The number of nitrogens with zero attached hydrogens (tertiary/aromatic N) is 2. The van der Waals surface area contributed by atoms with Crippen LogP contribution in [0.15, 0.2) is 58.8 Å². The molecule has 1 aliphatic heterocycles. The highest BCUT2D eigenvalue weighted by Gasteiger charge is 2.13. The number of rotatable bonds is 2. The Morgan fingerprint density at radius 3 is 2.61 bits per heavy atom.